The Labute approximate surface area is 163 Å². The largest absolute Gasteiger partial charge is 0.495 e. The fourth-order valence-electron chi connectivity index (χ4n) is 2.98. The van der Waals surface area contributed by atoms with Gasteiger partial charge in [0.2, 0.25) is 0 Å². The van der Waals surface area contributed by atoms with Gasteiger partial charge in [-0.3, -0.25) is 4.98 Å². The summed E-state index contributed by atoms with van der Waals surface area (Å²) < 4.78 is 10.6. The number of carbonyl (C=O) groups excluding carboxylic acids is 1. The van der Waals surface area contributed by atoms with Gasteiger partial charge in [-0.25, -0.2) is 4.79 Å². The molecule has 0 radical (unpaired) electrons. The summed E-state index contributed by atoms with van der Waals surface area (Å²) in [6.07, 6.45) is 2.39. The van der Waals surface area contributed by atoms with E-state index in [1.54, 1.807) is 38.4 Å². The Balaban J connectivity index is 2.23. The second kappa shape index (κ2) is 8.27. The van der Waals surface area contributed by atoms with Crippen molar-refractivity contribution < 1.29 is 14.3 Å². The van der Waals surface area contributed by atoms with E-state index in [1.165, 1.54) is 0 Å². The minimum Gasteiger partial charge on any atom is -0.495 e. The Kier molecular flexibility index (Phi) is 5.81. The van der Waals surface area contributed by atoms with E-state index in [9.17, 15) is 4.79 Å². The van der Waals surface area contributed by atoms with Crippen LogP contribution in [0.1, 0.15) is 29.8 Å². The number of carbonyl (C=O) groups is 1. The molecule has 0 amide bonds. The van der Waals surface area contributed by atoms with Crippen LogP contribution in [0.4, 0.5) is 11.4 Å². The summed E-state index contributed by atoms with van der Waals surface area (Å²) in [5.41, 5.74) is 3.58. The zero-order chi connectivity index (χ0) is 19.4. The van der Waals surface area contributed by atoms with E-state index in [-0.39, 0.29) is 6.61 Å². The third kappa shape index (κ3) is 3.83. The summed E-state index contributed by atoms with van der Waals surface area (Å²) in [6, 6.07) is 11.2. The predicted octanol–water partition coefficient (Wildman–Crippen LogP) is 5.38. The number of anilines is 2. The molecular formula is C21H21ClN2O3. The van der Waals surface area contributed by atoms with Gasteiger partial charge in [-0.05, 0) is 37.1 Å². The number of esters is 1. The molecule has 140 valence electrons. The molecule has 0 aliphatic heterocycles. The average Bonchev–Trinajstić information content (AvgIpc) is 2.68. The Morgan fingerprint density at radius 3 is 2.74 bits per heavy atom. The highest BCUT2D eigenvalue weighted by atomic mass is 35.5. The number of hydrogen-bond donors (Lipinski definition) is 1. The summed E-state index contributed by atoms with van der Waals surface area (Å²) in [6.45, 7) is 4.13. The molecule has 0 fully saturated rings. The SMILES string of the molecule is CCOC(=O)c1cnc2c(CC)cccc2c1Nc1cc(Cl)ccc1OC. The Morgan fingerprint density at radius 2 is 2.04 bits per heavy atom. The van der Waals surface area contributed by atoms with Gasteiger partial charge in [-0.1, -0.05) is 36.7 Å². The number of nitrogens with zero attached hydrogens (tertiary/aromatic N) is 1. The molecule has 1 aromatic heterocycles. The number of aromatic nitrogens is 1. The highest BCUT2D eigenvalue weighted by Gasteiger charge is 2.19. The molecule has 0 unspecified atom stereocenters. The van der Waals surface area contributed by atoms with Crippen LogP contribution in [0.5, 0.6) is 5.75 Å². The normalized spacial score (nSPS) is 10.7. The number of para-hydroxylation sites is 1. The maximum atomic E-state index is 12.5. The zero-order valence-electron chi connectivity index (χ0n) is 15.5. The highest BCUT2D eigenvalue weighted by molar-refractivity contribution is 6.31. The van der Waals surface area contributed by atoms with Gasteiger partial charge in [0.25, 0.3) is 0 Å². The van der Waals surface area contributed by atoms with Gasteiger partial charge in [0.1, 0.15) is 11.3 Å². The van der Waals surface area contributed by atoms with Crippen molar-refractivity contribution in [2.75, 3.05) is 19.0 Å². The Morgan fingerprint density at radius 1 is 1.22 bits per heavy atom. The van der Waals surface area contributed by atoms with Gasteiger partial charge in [0.05, 0.1) is 30.6 Å². The third-order valence-electron chi connectivity index (χ3n) is 4.28. The van der Waals surface area contributed by atoms with E-state index in [1.807, 2.05) is 18.2 Å². The first-order valence-electron chi connectivity index (χ1n) is 8.77. The Bertz CT molecular complexity index is 989. The lowest BCUT2D eigenvalue weighted by Gasteiger charge is -2.17. The van der Waals surface area contributed by atoms with Crippen LogP contribution >= 0.6 is 11.6 Å². The summed E-state index contributed by atoms with van der Waals surface area (Å²) in [5, 5.41) is 4.71. The summed E-state index contributed by atoms with van der Waals surface area (Å²) in [7, 11) is 1.58. The lowest BCUT2D eigenvalue weighted by atomic mass is 10.0. The van der Waals surface area contributed by atoms with Crippen molar-refractivity contribution in [3.05, 3.63) is 58.7 Å². The fourth-order valence-corrected chi connectivity index (χ4v) is 3.15. The lowest BCUT2D eigenvalue weighted by molar-refractivity contribution is 0.0527. The number of halogens is 1. The standard InChI is InChI=1S/C21H21ClN2O3/c1-4-13-7-6-8-15-19(13)23-12-16(21(25)27-5-2)20(15)24-17-11-14(22)9-10-18(17)26-3/h6-12H,4-5H2,1-3H3,(H,23,24). The molecule has 0 aliphatic rings. The molecule has 6 heteroatoms. The molecule has 2 aromatic carbocycles. The first-order valence-corrected chi connectivity index (χ1v) is 9.15. The van der Waals surface area contributed by atoms with E-state index in [2.05, 4.69) is 17.2 Å². The van der Waals surface area contributed by atoms with E-state index in [4.69, 9.17) is 21.1 Å². The molecule has 3 rings (SSSR count). The molecule has 3 aromatic rings. The molecule has 0 atom stereocenters. The van der Waals surface area contributed by atoms with Crippen LogP contribution in [-0.2, 0) is 11.2 Å². The van der Waals surface area contributed by atoms with Gasteiger partial charge >= 0.3 is 5.97 Å². The van der Waals surface area contributed by atoms with Crippen LogP contribution in [0.3, 0.4) is 0 Å². The molecule has 0 aliphatic carbocycles. The number of aryl methyl sites for hydroxylation is 1. The van der Waals surface area contributed by atoms with E-state index >= 15 is 0 Å². The van der Waals surface area contributed by atoms with Crippen molar-refractivity contribution in [1.29, 1.82) is 0 Å². The number of methoxy groups -OCH3 is 1. The summed E-state index contributed by atoms with van der Waals surface area (Å²) >= 11 is 6.16. The van der Waals surface area contributed by atoms with Crippen LogP contribution in [0, 0.1) is 0 Å². The van der Waals surface area contributed by atoms with Crippen molar-refractivity contribution in [1.82, 2.24) is 4.98 Å². The third-order valence-corrected chi connectivity index (χ3v) is 4.51. The molecule has 27 heavy (non-hydrogen) atoms. The molecule has 1 heterocycles. The fraction of sp³-hybridized carbons (Fsp3) is 0.238. The van der Waals surface area contributed by atoms with Crippen molar-refractivity contribution in [3.8, 4) is 5.75 Å². The van der Waals surface area contributed by atoms with E-state index in [0.717, 1.165) is 22.9 Å². The van der Waals surface area contributed by atoms with Crippen LogP contribution < -0.4 is 10.1 Å². The van der Waals surface area contributed by atoms with Crippen molar-refractivity contribution in [2.45, 2.75) is 20.3 Å². The summed E-state index contributed by atoms with van der Waals surface area (Å²) in [5.74, 6) is 0.183. The maximum Gasteiger partial charge on any atom is 0.341 e. The second-order valence-electron chi connectivity index (χ2n) is 5.90. The molecule has 1 N–H and O–H groups in total. The van der Waals surface area contributed by atoms with Crippen LogP contribution in [0.15, 0.2) is 42.6 Å². The van der Waals surface area contributed by atoms with Crippen LogP contribution in [0.25, 0.3) is 10.9 Å². The molecule has 5 nitrogen and oxygen atoms in total. The van der Waals surface area contributed by atoms with Gasteiger partial charge < -0.3 is 14.8 Å². The predicted molar refractivity (Wildman–Crippen MR) is 108 cm³/mol. The number of rotatable bonds is 6. The number of nitrogens with one attached hydrogen (secondary N) is 1. The molecule has 0 spiro atoms. The first-order chi connectivity index (χ1) is 13.1. The highest BCUT2D eigenvalue weighted by Crippen LogP contribution is 2.36. The number of benzene rings is 2. The second-order valence-corrected chi connectivity index (χ2v) is 6.34. The number of pyridine rings is 1. The first kappa shape index (κ1) is 19.0. The van der Waals surface area contributed by atoms with E-state index in [0.29, 0.717) is 27.7 Å². The monoisotopic (exact) mass is 384 g/mol. The van der Waals surface area contributed by atoms with Crippen molar-refractivity contribution in [3.63, 3.8) is 0 Å². The molecule has 0 saturated heterocycles. The topological polar surface area (TPSA) is 60.5 Å². The number of ether oxygens (including phenoxy) is 2. The number of hydrogen-bond acceptors (Lipinski definition) is 5. The molecule has 0 bridgehead atoms. The minimum absolute atomic E-state index is 0.284. The zero-order valence-corrected chi connectivity index (χ0v) is 16.3. The van der Waals surface area contributed by atoms with Crippen LogP contribution in [0.2, 0.25) is 5.02 Å². The quantitative estimate of drug-likeness (QED) is 0.578. The number of fused-ring (bicyclic) bond motifs is 1. The lowest BCUT2D eigenvalue weighted by Crippen LogP contribution is -2.10. The van der Waals surface area contributed by atoms with Crippen molar-refractivity contribution >= 4 is 39.8 Å². The van der Waals surface area contributed by atoms with Gasteiger partial charge in [0, 0.05) is 16.6 Å². The minimum atomic E-state index is -0.433. The Hall–Kier alpha value is -2.79. The van der Waals surface area contributed by atoms with Crippen LogP contribution in [-0.4, -0.2) is 24.7 Å². The van der Waals surface area contributed by atoms with E-state index < -0.39 is 5.97 Å². The summed E-state index contributed by atoms with van der Waals surface area (Å²) in [4.78, 5) is 17.0. The molecule has 0 saturated carbocycles. The van der Waals surface area contributed by atoms with Gasteiger partial charge in [0.15, 0.2) is 0 Å². The maximum absolute atomic E-state index is 12.5. The van der Waals surface area contributed by atoms with Gasteiger partial charge in [-0.2, -0.15) is 0 Å². The average molecular weight is 385 g/mol. The van der Waals surface area contributed by atoms with Gasteiger partial charge in [-0.15, -0.1) is 0 Å². The van der Waals surface area contributed by atoms with Crippen molar-refractivity contribution in [2.24, 2.45) is 0 Å². The smallest absolute Gasteiger partial charge is 0.341 e. The molecular weight excluding hydrogens is 364 g/mol.